The Morgan fingerprint density at radius 3 is 2.58 bits per heavy atom. The quantitative estimate of drug-likeness (QED) is 0.330. The normalized spacial score (nSPS) is 11.0. The Morgan fingerprint density at radius 1 is 0.970 bits per heavy atom. The molecule has 5 nitrogen and oxygen atoms in total. The second kappa shape index (κ2) is 8.63. The van der Waals surface area contributed by atoms with Crippen LogP contribution in [-0.2, 0) is 6.61 Å². The predicted octanol–water partition coefficient (Wildman–Crippen LogP) is 5.96. The fourth-order valence-corrected chi connectivity index (χ4v) is 3.82. The van der Waals surface area contributed by atoms with Crippen LogP contribution in [0.3, 0.4) is 0 Å². The summed E-state index contributed by atoms with van der Waals surface area (Å²) in [5, 5.41) is 0.323. The van der Waals surface area contributed by atoms with E-state index in [-0.39, 0.29) is 29.0 Å². The van der Waals surface area contributed by atoms with Gasteiger partial charge in [0.25, 0.3) is 0 Å². The molecule has 3 aromatic heterocycles. The lowest BCUT2D eigenvalue weighted by molar-refractivity contribution is 0.112. The molecule has 0 aliphatic rings. The highest BCUT2D eigenvalue weighted by atomic mass is 19.1. The smallest absolute Gasteiger partial charge is 0.175 e. The molecule has 33 heavy (non-hydrogen) atoms. The van der Waals surface area contributed by atoms with E-state index in [1.807, 2.05) is 30.3 Å². The van der Waals surface area contributed by atoms with Gasteiger partial charge in [-0.3, -0.25) is 9.78 Å². The topological polar surface area (TPSA) is 67.9 Å². The summed E-state index contributed by atoms with van der Waals surface area (Å²) in [5.41, 5.74) is 2.39. The molecule has 2 aromatic carbocycles. The zero-order valence-electron chi connectivity index (χ0n) is 17.3. The number of carbonyl (C=O) groups excluding carboxylic acids is 1. The first kappa shape index (κ1) is 20.5. The van der Waals surface area contributed by atoms with Crippen LogP contribution < -0.4 is 4.74 Å². The van der Waals surface area contributed by atoms with E-state index >= 15 is 8.78 Å². The fourth-order valence-electron chi connectivity index (χ4n) is 3.82. The van der Waals surface area contributed by atoms with E-state index in [1.54, 1.807) is 24.5 Å². The molecule has 0 saturated carbocycles. The van der Waals surface area contributed by atoms with Gasteiger partial charge in [-0.05, 0) is 23.8 Å². The number of fused-ring (bicyclic) bond motifs is 1. The van der Waals surface area contributed by atoms with Gasteiger partial charge < -0.3 is 9.72 Å². The first-order valence-corrected chi connectivity index (χ1v) is 10.2. The third kappa shape index (κ3) is 3.74. The molecule has 1 N–H and O–H groups in total. The minimum atomic E-state index is -0.860. The monoisotopic (exact) mass is 441 g/mol. The van der Waals surface area contributed by atoms with Gasteiger partial charge in [0, 0.05) is 52.4 Å². The third-order valence-electron chi connectivity index (χ3n) is 5.37. The molecule has 162 valence electrons. The molecule has 0 aliphatic heterocycles. The van der Waals surface area contributed by atoms with Crippen molar-refractivity contribution < 1.29 is 18.3 Å². The van der Waals surface area contributed by atoms with E-state index in [9.17, 15) is 4.79 Å². The summed E-state index contributed by atoms with van der Waals surface area (Å²) in [6.07, 6.45) is 6.78. The molecular formula is C26H17F2N3O2. The number of pyridine rings is 2. The first-order chi connectivity index (χ1) is 16.2. The molecule has 0 atom stereocenters. The highest BCUT2D eigenvalue weighted by molar-refractivity contribution is 6.09. The second-order valence-corrected chi connectivity index (χ2v) is 7.38. The molecule has 5 aromatic rings. The van der Waals surface area contributed by atoms with Gasteiger partial charge in [-0.1, -0.05) is 36.4 Å². The van der Waals surface area contributed by atoms with Gasteiger partial charge in [0.1, 0.15) is 18.1 Å². The van der Waals surface area contributed by atoms with Crippen molar-refractivity contribution in [1.82, 2.24) is 15.0 Å². The number of nitrogens with one attached hydrogen (secondary N) is 1. The zero-order valence-corrected chi connectivity index (χ0v) is 17.3. The highest BCUT2D eigenvalue weighted by Crippen LogP contribution is 2.42. The number of benzene rings is 2. The molecule has 7 heteroatoms. The lowest BCUT2D eigenvalue weighted by Crippen LogP contribution is -2.02. The van der Waals surface area contributed by atoms with Crippen molar-refractivity contribution in [3.8, 4) is 28.0 Å². The lowest BCUT2D eigenvalue weighted by atomic mass is 9.92. The van der Waals surface area contributed by atoms with Crippen molar-refractivity contribution in [2.75, 3.05) is 0 Å². The summed E-state index contributed by atoms with van der Waals surface area (Å²) in [7, 11) is 0. The van der Waals surface area contributed by atoms with Gasteiger partial charge in [0.15, 0.2) is 17.9 Å². The summed E-state index contributed by atoms with van der Waals surface area (Å²) in [5.74, 6) is -1.74. The Bertz CT molecular complexity index is 1450. The molecule has 0 unspecified atom stereocenters. The van der Waals surface area contributed by atoms with E-state index in [2.05, 4.69) is 15.0 Å². The SMILES string of the molecule is O=Cc1c[nH]c2ncc(-c3cccnc3)c(-c3c(F)ccc(OCc4ccccc4)c3F)c12. The molecule has 0 saturated heterocycles. The Balaban J connectivity index is 1.73. The number of ether oxygens (including phenoxy) is 1. The van der Waals surface area contributed by atoms with Crippen LogP contribution in [0, 0.1) is 11.6 Å². The van der Waals surface area contributed by atoms with E-state index in [1.165, 1.54) is 18.5 Å². The van der Waals surface area contributed by atoms with Crippen molar-refractivity contribution in [3.05, 3.63) is 102 Å². The predicted molar refractivity (Wildman–Crippen MR) is 121 cm³/mol. The lowest BCUT2D eigenvalue weighted by Gasteiger charge is -2.16. The minimum absolute atomic E-state index is 0.0967. The average Bonchev–Trinajstić information content (AvgIpc) is 3.28. The Labute approximate surface area is 187 Å². The van der Waals surface area contributed by atoms with Crippen molar-refractivity contribution in [3.63, 3.8) is 0 Å². The number of rotatable bonds is 6. The van der Waals surface area contributed by atoms with Gasteiger partial charge in [-0.15, -0.1) is 0 Å². The Morgan fingerprint density at radius 2 is 1.82 bits per heavy atom. The van der Waals surface area contributed by atoms with Gasteiger partial charge in [-0.25, -0.2) is 13.8 Å². The summed E-state index contributed by atoms with van der Waals surface area (Å²) in [6.45, 7) is 0.119. The van der Waals surface area contributed by atoms with Crippen LogP contribution in [0.15, 0.2) is 79.4 Å². The number of aldehydes is 1. The van der Waals surface area contributed by atoms with Crippen LogP contribution >= 0.6 is 0 Å². The molecule has 0 fully saturated rings. The molecule has 5 rings (SSSR count). The maximum atomic E-state index is 15.8. The standard InChI is InChI=1S/C26H17F2N3O2/c27-20-8-9-21(33-15-16-5-2-1-3-6-16)25(28)24(20)23-19(17-7-4-10-29-11-17)13-31-26-22(23)18(14-32)12-30-26/h1-14H,15H2,(H,30,31). The molecule has 0 spiro atoms. The summed E-state index contributed by atoms with van der Waals surface area (Å²) in [4.78, 5) is 23.1. The van der Waals surface area contributed by atoms with Crippen molar-refractivity contribution in [1.29, 1.82) is 0 Å². The number of hydrogen-bond donors (Lipinski definition) is 1. The van der Waals surface area contributed by atoms with Crippen LogP contribution in [0.1, 0.15) is 15.9 Å². The number of aromatic nitrogens is 3. The highest BCUT2D eigenvalue weighted by Gasteiger charge is 2.25. The fraction of sp³-hybridized carbons (Fsp3) is 0.0385. The van der Waals surface area contributed by atoms with Crippen LogP contribution in [0.25, 0.3) is 33.3 Å². The number of H-pyrrole nitrogens is 1. The van der Waals surface area contributed by atoms with Gasteiger partial charge in [0.05, 0.1) is 5.56 Å². The van der Waals surface area contributed by atoms with Gasteiger partial charge in [0.2, 0.25) is 0 Å². The number of aromatic amines is 1. The third-order valence-corrected chi connectivity index (χ3v) is 5.37. The number of hydrogen-bond acceptors (Lipinski definition) is 4. The molecular weight excluding hydrogens is 424 g/mol. The van der Waals surface area contributed by atoms with Crippen molar-refractivity contribution in [2.24, 2.45) is 0 Å². The number of carbonyl (C=O) groups is 1. The summed E-state index contributed by atoms with van der Waals surface area (Å²) in [6, 6.07) is 15.2. The molecule has 0 radical (unpaired) electrons. The summed E-state index contributed by atoms with van der Waals surface area (Å²) >= 11 is 0. The van der Waals surface area contributed by atoms with E-state index in [4.69, 9.17) is 4.74 Å². The van der Waals surface area contributed by atoms with Crippen molar-refractivity contribution in [2.45, 2.75) is 6.61 Å². The van der Waals surface area contributed by atoms with E-state index in [0.717, 1.165) is 11.6 Å². The van der Waals surface area contributed by atoms with Crippen LogP contribution in [0.4, 0.5) is 8.78 Å². The van der Waals surface area contributed by atoms with Crippen LogP contribution in [-0.4, -0.2) is 21.2 Å². The maximum Gasteiger partial charge on any atom is 0.175 e. The second-order valence-electron chi connectivity index (χ2n) is 7.38. The largest absolute Gasteiger partial charge is 0.486 e. The molecule has 0 aliphatic carbocycles. The Kier molecular flexibility index (Phi) is 5.36. The van der Waals surface area contributed by atoms with Gasteiger partial charge in [-0.2, -0.15) is 0 Å². The average molecular weight is 441 g/mol. The van der Waals surface area contributed by atoms with E-state index < -0.39 is 11.6 Å². The number of halogens is 2. The molecule has 3 heterocycles. The minimum Gasteiger partial charge on any atom is -0.486 e. The molecule has 0 bridgehead atoms. The molecule has 0 amide bonds. The number of nitrogens with zero attached hydrogens (tertiary/aromatic N) is 2. The zero-order chi connectivity index (χ0) is 22.8. The Hall–Kier alpha value is -4.39. The van der Waals surface area contributed by atoms with Crippen LogP contribution in [0.2, 0.25) is 0 Å². The first-order valence-electron chi connectivity index (χ1n) is 10.2. The van der Waals surface area contributed by atoms with Gasteiger partial charge >= 0.3 is 0 Å². The van der Waals surface area contributed by atoms with Crippen molar-refractivity contribution >= 4 is 17.3 Å². The maximum absolute atomic E-state index is 15.8. The summed E-state index contributed by atoms with van der Waals surface area (Å²) < 4.78 is 36.7. The van der Waals surface area contributed by atoms with E-state index in [0.29, 0.717) is 28.4 Å². The van der Waals surface area contributed by atoms with Crippen LogP contribution in [0.5, 0.6) is 5.75 Å².